The topological polar surface area (TPSA) is 42.0 Å². The van der Waals surface area contributed by atoms with Gasteiger partial charge in [0.15, 0.2) is 0 Å². The van der Waals surface area contributed by atoms with E-state index in [2.05, 4.69) is 10.3 Å². The standard InChI is InChI=1S/C15H15FN2O/c1-10-9-13(3-4-14(10)16)15(19)18-11(2)12-5-7-17-8-6-12/h3-9,11H,1-2H3,(H,18,19). The molecule has 1 heterocycles. The lowest BCUT2D eigenvalue weighted by molar-refractivity contribution is 0.0939. The number of rotatable bonds is 3. The summed E-state index contributed by atoms with van der Waals surface area (Å²) >= 11 is 0. The Kier molecular flexibility index (Phi) is 3.90. The molecule has 1 atom stereocenters. The second kappa shape index (κ2) is 5.61. The quantitative estimate of drug-likeness (QED) is 0.919. The van der Waals surface area contributed by atoms with Crippen molar-refractivity contribution in [1.82, 2.24) is 10.3 Å². The third-order valence-corrected chi connectivity index (χ3v) is 2.97. The van der Waals surface area contributed by atoms with E-state index in [0.29, 0.717) is 11.1 Å². The first kappa shape index (κ1) is 13.2. The Bertz CT molecular complexity index is 584. The number of carbonyl (C=O) groups is 1. The van der Waals surface area contributed by atoms with E-state index in [1.54, 1.807) is 25.4 Å². The molecule has 1 N–H and O–H groups in total. The summed E-state index contributed by atoms with van der Waals surface area (Å²) in [5, 5.41) is 2.87. The first-order valence-corrected chi connectivity index (χ1v) is 6.05. The van der Waals surface area contributed by atoms with Gasteiger partial charge in [-0.15, -0.1) is 0 Å². The fraction of sp³-hybridized carbons (Fsp3) is 0.200. The minimum atomic E-state index is -0.307. The summed E-state index contributed by atoms with van der Waals surface area (Å²) < 4.78 is 13.2. The molecule has 1 aromatic carbocycles. The monoisotopic (exact) mass is 258 g/mol. The number of carbonyl (C=O) groups excluding carboxylic acids is 1. The molecule has 0 spiro atoms. The lowest BCUT2D eigenvalue weighted by Gasteiger charge is -2.14. The summed E-state index contributed by atoms with van der Waals surface area (Å²) in [5.74, 6) is -0.522. The Hall–Kier alpha value is -2.23. The van der Waals surface area contributed by atoms with Crippen LogP contribution in [-0.2, 0) is 0 Å². The highest BCUT2D eigenvalue weighted by Gasteiger charge is 2.12. The van der Waals surface area contributed by atoms with Crippen LogP contribution in [-0.4, -0.2) is 10.9 Å². The Morgan fingerprint density at radius 2 is 1.95 bits per heavy atom. The van der Waals surface area contributed by atoms with Crippen LogP contribution in [0.15, 0.2) is 42.7 Å². The number of halogens is 1. The molecule has 0 aliphatic heterocycles. The number of hydrogen-bond acceptors (Lipinski definition) is 2. The summed E-state index contributed by atoms with van der Waals surface area (Å²) in [6, 6.07) is 7.91. The van der Waals surface area contributed by atoms with Gasteiger partial charge in [0.1, 0.15) is 5.82 Å². The number of hydrogen-bond donors (Lipinski definition) is 1. The number of amides is 1. The van der Waals surface area contributed by atoms with Gasteiger partial charge in [-0.25, -0.2) is 4.39 Å². The lowest BCUT2D eigenvalue weighted by atomic mass is 10.1. The van der Waals surface area contributed by atoms with Crippen LogP contribution < -0.4 is 5.32 Å². The molecule has 1 unspecified atom stereocenters. The predicted octanol–water partition coefficient (Wildman–Crippen LogP) is 3.02. The molecule has 0 aliphatic rings. The van der Waals surface area contributed by atoms with Crippen molar-refractivity contribution in [3.63, 3.8) is 0 Å². The number of aromatic nitrogens is 1. The molecule has 0 saturated carbocycles. The van der Waals surface area contributed by atoms with Crippen LogP contribution >= 0.6 is 0 Å². The molecular weight excluding hydrogens is 243 g/mol. The first-order chi connectivity index (χ1) is 9.08. The summed E-state index contributed by atoms with van der Waals surface area (Å²) in [5.41, 5.74) is 1.89. The highest BCUT2D eigenvalue weighted by molar-refractivity contribution is 5.94. The van der Waals surface area contributed by atoms with E-state index < -0.39 is 0 Å². The highest BCUT2D eigenvalue weighted by atomic mass is 19.1. The van der Waals surface area contributed by atoms with Gasteiger partial charge in [-0.05, 0) is 55.3 Å². The van der Waals surface area contributed by atoms with Crippen LogP contribution in [0.1, 0.15) is 34.5 Å². The maximum atomic E-state index is 13.2. The predicted molar refractivity (Wildman–Crippen MR) is 71.3 cm³/mol. The van der Waals surface area contributed by atoms with Gasteiger partial charge >= 0.3 is 0 Å². The number of aryl methyl sites for hydroxylation is 1. The normalized spacial score (nSPS) is 11.9. The zero-order valence-corrected chi connectivity index (χ0v) is 10.9. The number of nitrogens with zero attached hydrogens (tertiary/aromatic N) is 1. The average Bonchev–Trinajstić information content (AvgIpc) is 2.42. The fourth-order valence-electron chi connectivity index (χ4n) is 1.80. The molecular formula is C15H15FN2O. The molecule has 0 aliphatic carbocycles. The van der Waals surface area contributed by atoms with E-state index in [0.717, 1.165) is 5.56 Å². The van der Waals surface area contributed by atoms with Crippen molar-refractivity contribution in [2.75, 3.05) is 0 Å². The number of pyridine rings is 1. The summed E-state index contributed by atoms with van der Waals surface area (Å²) in [4.78, 5) is 16.0. The van der Waals surface area contributed by atoms with Crippen molar-refractivity contribution in [1.29, 1.82) is 0 Å². The fourth-order valence-corrected chi connectivity index (χ4v) is 1.80. The van der Waals surface area contributed by atoms with Gasteiger partial charge in [-0.3, -0.25) is 9.78 Å². The summed E-state index contributed by atoms with van der Waals surface area (Å²) in [7, 11) is 0. The van der Waals surface area contributed by atoms with E-state index in [1.807, 2.05) is 19.1 Å². The molecule has 19 heavy (non-hydrogen) atoms. The van der Waals surface area contributed by atoms with Crippen LogP contribution in [0, 0.1) is 12.7 Å². The van der Waals surface area contributed by atoms with Crippen LogP contribution in [0.3, 0.4) is 0 Å². The van der Waals surface area contributed by atoms with Gasteiger partial charge in [0.25, 0.3) is 5.91 Å². The molecule has 0 fully saturated rings. The number of benzene rings is 1. The van der Waals surface area contributed by atoms with Crippen LogP contribution in [0.4, 0.5) is 4.39 Å². The van der Waals surface area contributed by atoms with Crippen molar-refractivity contribution < 1.29 is 9.18 Å². The maximum Gasteiger partial charge on any atom is 0.251 e. The van der Waals surface area contributed by atoms with Crippen LogP contribution in [0.2, 0.25) is 0 Å². The van der Waals surface area contributed by atoms with E-state index in [9.17, 15) is 9.18 Å². The molecule has 0 bridgehead atoms. The minimum absolute atomic E-state index is 0.124. The van der Waals surface area contributed by atoms with Crippen molar-refractivity contribution in [3.8, 4) is 0 Å². The van der Waals surface area contributed by atoms with Gasteiger partial charge < -0.3 is 5.32 Å². The summed E-state index contributed by atoms with van der Waals surface area (Å²) in [6.07, 6.45) is 3.36. The van der Waals surface area contributed by atoms with Gasteiger partial charge in [0.05, 0.1) is 6.04 Å². The zero-order chi connectivity index (χ0) is 13.8. The molecule has 0 saturated heterocycles. The number of nitrogens with one attached hydrogen (secondary N) is 1. The molecule has 2 rings (SSSR count). The zero-order valence-electron chi connectivity index (χ0n) is 10.9. The molecule has 1 aromatic heterocycles. The largest absolute Gasteiger partial charge is 0.346 e. The van der Waals surface area contributed by atoms with Gasteiger partial charge in [0.2, 0.25) is 0 Å². The smallest absolute Gasteiger partial charge is 0.251 e. The van der Waals surface area contributed by atoms with E-state index in [4.69, 9.17) is 0 Å². The minimum Gasteiger partial charge on any atom is -0.346 e. The lowest BCUT2D eigenvalue weighted by Crippen LogP contribution is -2.26. The van der Waals surface area contributed by atoms with Crippen molar-refractivity contribution in [3.05, 3.63) is 65.2 Å². The Labute approximate surface area is 111 Å². The van der Waals surface area contributed by atoms with Crippen molar-refractivity contribution >= 4 is 5.91 Å². The second-order valence-electron chi connectivity index (χ2n) is 4.44. The Morgan fingerprint density at radius 3 is 2.58 bits per heavy atom. The third kappa shape index (κ3) is 3.16. The third-order valence-electron chi connectivity index (χ3n) is 2.97. The molecule has 3 nitrogen and oxygen atoms in total. The van der Waals surface area contributed by atoms with Gasteiger partial charge in [0, 0.05) is 18.0 Å². The molecule has 1 amide bonds. The maximum absolute atomic E-state index is 13.2. The average molecular weight is 258 g/mol. The highest BCUT2D eigenvalue weighted by Crippen LogP contribution is 2.13. The van der Waals surface area contributed by atoms with E-state index in [1.165, 1.54) is 12.1 Å². The first-order valence-electron chi connectivity index (χ1n) is 6.05. The van der Waals surface area contributed by atoms with E-state index in [-0.39, 0.29) is 17.8 Å². The van der Waals surface area contributed by atoms with Crippen molar-refractivity contribution in [2.24, 2.45) is 0 Å². The molecule has 0 radical (unpaired) electrons. The Balaban J connectivity index is 2.11. The SMILES string of the molecule is Cc1cc(C(=O)NC(C)c2ccncc2)ccc1F. The second-order valence-corrected chi connectivity index (χ2v) is 4.44. The molecule has 4 heteroatoms. The summed E-state index contributed by atoms with van der Waals surface area (Å²) in [6.45, 7) is 3.53. The van der Waals surface area contributed by atoms with E-state index >= 15 is 0 Å². The van der Waals surface area contributed by atoms with Gasteiger partial charge in [-0.2, -0.15) is 0 Å². The Morgan fingerprint density at radius 1 is 1.26 bits per heavy atom. The van der Waals surface area contributed by atoms with Crippen LogP contribution in [0.25, 0.3) is 0 Å². The van der Waals surface area contributed by atoms with Crippen LogP contribution in [0.5, 0.6) is 0 Å². The molecule has 98 valence electrons. The molecule has 2 aromatic rings. The van der Waals surface area contributed by atoms with Gasteiger partial charge in [-0.1, -0.05) is 0 Å². The van der Waals surface area contributed by atoms with Crippen molar-refractivity contribution in [2.45, 2.75) is 19.9 Å².